The molecule has 1 aliphatic heterocycles. The van der Waals surface area contributed by atoms with E-state index in [9.17, 15) is 27.6 Å². The fourth-order valence-corrected chi connectivity index (χ4v) is 4.40. The van der Waals surface area contributed by atoms with Gasteiger partial charge in [-0.25, -0.2) is 4.98 Å². The zero-order valence-corrected chi connectivity index (χ0v) is 20.0. The molecule has 4 rings (SSSR count). The number of nitrogens with two attached hydrogens (primary N) is 1. The zero-order valence-electron chi connectivity index (χ0n) is 20.0. The molecule has 2 heterocycles. The molecular weight excluding hydrogens is 487 g/mol. The van der Waals surface area contributed by atoms with E-state index >= 15 is 0 Å². The van der Waals surface area contributed by atoms with Crippen molar-refractivity contribution in [3.05, 3.63) is 93.2 Å². The molecule has 0 saturated heterocycles. The Morgan fingerprint density at radius 1 is 1.08 bits per heavy atom. The normalized spacial score (nSPS) is 16.8. The van der Waals surface area contributed by atoms with Crippen molar-refractivity contribution in [2.24, 2.45) is 5.73 Å². The molecule has 1 aromatic heterocycles. The molecule has 2 unspecified atom stereocenters. The second-order valence-corrected chi connectivity index (χ2v) is 9.01. The van der Waals surface area contributed by atoms with Gasteiger partial charge in [-0.15, -0.1) is 0 Å². The maximum atomic E-state index is 13.5. The number of rotatable bonds is 8. The fourth-order valence-electron chi connectivity index (χ4n) is 4.40. The summed E-state index contributed by atoms with van der Waals surface area (Å²) < 4.78 is 40.6. The Morgan fingerprint density at radius 2 is 1.78 bits per heavy atom. The van der Waals surface area contributed by atoms with E-state index in [0.717, 1.165) is 17.7 Å². The van der Waals surface area contributed by atoms with Crippen LogP contribution in [0.3, 0.4) is 0 Å². The topological polar surface area (TPSA) is 119 Å². The second kappa shape index (κ2) is 10.5. The molecule has 2 aromatic carbocycles. The molecule has 4 N–H and O–H groups in total. The molecule has 0 radical (unpaired) electrons. The number of nitrogens with one attached hydrogen (secondary N) is 2. The van der Waals surface area contributed by atoms with Gasteiger partial charge in [0.2, 0.25) is 11.8 Å². The van der Waals surface area contributed by atoms with Crippen LogP contribution in [-0.2, 0) is 35.3 Å². The third-order valence-corrected chi connectivity index (χ3v) is 6.26. The van der Waals surface area contributed by atoms with Gasteiger partial charge in [0.1, 0.15) is 17.6 Å². The van der Waals surface area contributed by atoms with Crippen LogP contribution < -0.4 is 21.9 Å². The lowest BCUT2D eigenvalue weighted by atomic mass is 10.1. The van der Waals surface area contributed by atoms with E-state index in [1.807, 2.05) is 30.3 Å². The third kappa shape index (κ3) is 5.82. The highest BCUT2D eigenvalue weighted by molar-refractivity contribution is 5.81. The molecule has 0 fully saturated rings. The monoisotopic (exact) mass is 513 g/mol. The largest absolute Gasteiger partial charge is 0.416 e. The van der Waals surface area contributed by atoms with Gasteiger partial charge in [-0.05, 0) is 29.7 Å². The molecule has 0 aliphatic carbocycles. The average Bonchev–Trinajstić information content (AvgIpc) is 3.19. The Bertz CT molecular complexity index is 1370. The van der Waals surface area contributed by atoms with Crippen molar-refractivity contribution in [3.8, 4) is 0 Å². The number of amides is 2. The minimum absolute atomic E-state index is 0.0589. The molecule has 8 nitrogen and oxygen atoms in total. The van der Waals surface area contributed by atoms with Gasteiger partial charge in [-0.3, -0.25) is 19.0 Å². The van der Waals surface area contributed by atoms with Crippen LogP contribution in [0.4, 0.5) is 18.9 Å². The van der Waals surface area contributed by atoms with E-state index in [2.05, 4.69) is 15.6 Å². The Balaban J connectivity index is 1.64. The molecule has 194 valence electrons. The first-order valence-electron chi connectivity index (χ1n) is 11.7. The van der Waals surface area contributed by atoms with Gasteiger partial charge >= 0.3 is 6.18 Å². The van der Waals surface area contributed by atoms with Crippen LogP contribution in [0.5, 0.6) is 0 Å². The predicted molar refractivity (Wildman–Crippen MR) is 131 cm³/mol. The SMILES string of the molecule is CC1CC(C(N)=O)n2c1nc(CC(=O)NCc1ccccc1)c(NCc1cccc(C(F)(F)F)c1)c2=O. The highest BCUT2D eigenvalue weighted by Crippen LogP contribution is 2.34. The van der Waals surface area contributed by atoms with E-state index in [1.54, 1.807) is 6.92 Å². The first-order chi connectivity index (χ1) is 17.5. The molecule has 37 heavy (non-hydrogen) atoms. The molecule has 3 aromatic rings. The van der Waals surface area contributed by atoms with E-state index < -0.39 is 29.2 Å². The number of nitrogens with zero attached hydrogens (tertiary/aromatic N) is 2. The molecule has 2 amide bonds. The van der Waals surface area contributed by atoms with Crippen LogP contribution in [0.2, 0.25) is 0 Å². The third-order valence-electron chi connectivity index (χ3n) is 6.26. The van der Waals surface area contributed by atoms with Gasteiger partial charge in [-0.1, -0.05) is 49.4 Å². The molecule has 0 spiro atoms. The lowest BCUT2D eigenvalue weighted by Crippen LogP contribution is -2.35. The number of hydrogen-bond donors (Lipinski definition) is 3. The highest BCUT2D eigenvalue weighted by atomic mass is 19.4. The van der Waals surface area contributed by atoms with E-state index in [4.69, 9.17) is 5.73 Å². The summed E-state index contributed by atoms with van der Waals surface area (Å²) in [4.78, 5) is 42.8. The summed E-state index contributed by atoms with van der Waals surface area (Å²) in [5.41, 5.74) is 5.34. The lowest BCUT2D eigenvalue weighted by Gasteiger charge is -2.17. The van der Waals surface area contributed by atoms with Crippen molar-refractivity contribution in [1.82, 2.24) is 14.9 Å². The van der Waals surface area contributed by atoms with Crippen LogP contribution >= 0.6 is 0 Å². The van der Waals surface area contributed by atoms with Gasteiger partial charge in [0.25, 0.3) is 5.56 Å². The van der Waals surface area contributed by atoms with Crippen molar-refractivity contribution >= 4 is 17.5 Å². The number of aromatic nitrogens is 2. The predicted octanol–water partition coefficient (Wildman–Crippen LogP) is 3.27. The first kappa shape index (κ1) is 25.9. The van der Waals surface area contributed by atoms with Crippen molar-refractivity contribution < 1.29 is 22.8 Å². The number of hydrogen-bond acceptors (Lipinski definition) is 5. The number of fused-ring (bicyclic) bond motifs is 1. The van der Waals surface area contributed by atoms with Crippen LogP contribution in [0, 0.1) is 0 Å². The Morgan fingerprint density at radius 3 is 2.46 bits per heavy atom. The van der Waals surface area contributed by atoms with Gasteiger partial charge < -0.3 is 16.4 Å². The number of carbonyl (C=O) groups excluding carboxylic acids is 2. The van der Waals surface area contributed by atoms with Gasteiger partial charge in [-0.2, -0.15) is 13.2 Å². The summed E-state index contributed by atoms with van der Waals surface area (Å²) in [5.74, 6) is -0.996. The molecule has 1 aliphatic rings. The van der Waals surface area contributed by atoms with Crippen molar-refractivity contribution in [2.75, 3.05) is 5.32 Å². The molecule has 0 bridgehead atoms. The fraction of sp³-hybridized carbons (Fsp3) is 0.308. The minimum Gasteiger partial charge on any atom is -0.375 e. The standard InChI is InChI=1S/C26H26F3N5O3/c1-15-10-20(23(30)36)34-24(15)33-19(12-21(35)31-13-16-6-3-2-4-7-16)22(25(34)37)32-14-17-8-5-9-18(11-17)26(27,28)29/h2-9,11,15,20,32H,10,12-14H2,1H3,(H2,30,36)(H,31,35). The summed E-state index contributed by atoms with van der Waals surface area (Å²) >= 11 is 0. The lowest BCUT2D eigenvalue weighted by molar-refractivity contribution is -0.137. The van der Waals surface area contributed by atoms with E-state index in [0.29, 0.717) is 5.82 Å². The Hall–Kier alpha value is -4.15. The number of halogens is 3. The van der Waals surface area contributed by atoms with Crippen LogP contribution in [0.1, 0.15) is 53.5 Å². The average molecular weight is 514 g/mol. The minimum atomic E-state index is -4.52. The summed E-state index contributed by atoms with van der Waals surface area (Å²) in [5, 5.41) is 5.65. The maximum Gasteiger partial charge on any atom is 0.416 e. The molecule has 2 atom stereocenters. The second-order valence-electron chi connectivity index (χ2n) is 9.01. The number of primary amides is 1. The van der Waals surface area contributed by atoms with Gasteiger partial charge in [0, 0.05) is 19.0 Å². The van der Waals surface area contributed by atoms with Gasteiger partial charge in [0.15, 0.2) is 0 Å². The zero-order chi connectivity index (χ0) is 26.7. The molecular formula is C26H26F3N5O3. The smallest absolute Gasteiger partial charge is 0.375 e. The summed E-state index contributed by atoms with van der Waals surface area (Å²) in [7, 11) is 0. The van der Waals surface area contributed by atoms with Gasteiger partial charge in [0.05, 0.1) is 17.7 Å². The molecule has 0 saturated carbocycles. The highest BCUT2D eigenvalue weighted by Gasteiger charge is 2.36. The Labute approximate surface area is 210 Å². The van der Waals surface area contributed by atoms with Crippen molar-refractivity contribution in [2.45, 2.75) is 51.0 Å². The Kier molecular flexibility index (Phi) is 7.33. The summed E-state index contributed by atoms with van der Waals surface area (Å²) in [6.45, 7) is 1.95. The molecule has 11 heteroatoms. The summed E-state index contributed by atoms with van der Waals surface area (Å²) in [6, 6.07) is 13.0. The first-order valence-corrected chi connectivity index (χ1v) is 11.7. The number of alkyl halides is 3. The maximum absolute atomic E-state index is 13.5. The quantitative estimate of drug-likeness (QED) is 0.427. The number of anilines is 1. The van der Waals surface area contributed by atoms with Crippen LogP contribution in [0.15, 0.2) is 59.4 Å². The van der Waals surface area contributed by atoms with Crippen LogP contribution in [-0.4, -0.2) is 21.4 Å². The number of carbonyl (C=O) groups is 2. The van der Waals surface area contributed by atoms with E-state index in [1.165, 1.54) is 16.7 Å². The van der Waals surface area contributed by atoms with Crippen molar-refractivity contribution in [3.63, 3.8) is 0 Å². The summed E-state index contributed by atoms with van der Waals surface area (Å²) in [6.07, 6.45) is -4.47. The number of benzene rings is 2. The van der Waals surface area contributed by atoms with Crippen LogP contribution in [0.25, 0.3) is 0 Å². The van der Waals surface area contributed by atoms with E-state index in [-0.39, 0.29) is 54.7 Å². The van der Waals surface area contributed by atoms with Crippen molar-refractivity contribution in [1.29, 1.82) is 0 Å².